The first-order chi connectivity index (χ1) is 31.6. The first-order valence-electron chi connectivity index (χ1n) is 20.9. The number of carboxylic acids is 1. The van der Waals surface area contributed by atoms with Crippen LogP contribution in [0, 0.1) is 0 Å². The third-order valence-corrected chi connectivity index (χ3v) is 11.0. The zero-order valence-electron chi connectivity index (χ0n) is 36.2. The van der Waals surface area contributed by atoms with E-state index in [1.54, 1.807) is 54.9 Å². The van der Waals surface area contributed by atoms with E-state index in [2.05, 4.69) is 36.9 Å². The molecule has 5 rings (SSSR count). The predicted octanol–water partition coefficient (Wildman–Crippen LogP) is 2.31. The van der Waals surface area contributed by atoms with Crippen molar-refractivity contribution in [3.05, 3.63) is 132 Å². The number of nitrogens with two attached hydrogens (primary N) is 1. The third-order valence-electron chi connectivity index (χ3n) is 10.4. The summed E-state index contributed by atoms with van der Waals surface area (Å²) in [5, 5.41) is 35.8. The Balaban J connectivity index is 1.32. The molecule has 0 radical (unpaired) electrons. The Morgan fingerprint density at radius 2 is 1.21 bits per heavy atom. The number of H-pyrrole nitrogens is 1. The number of carbonyl (C=O) groups excluding carboxylic acids is 7. The molecule has 0 bridgehead atoms. The van der Waals surface area contributed by atoms with Crippen molar-refractivity contribution in [3.8, 4) is 5.75 Å². The summed E-state index contributed by atoms with van der Waals surface area (Å²) < 4.78 is 0. The van der Waals surface area contributed by atoms with Gasteiger partial charge in [0, 0.05) is 54.5 Å². The molecule has 5 atom stereocenters. The summed E-state index contributed by atoms with van der Waals surface area (Å²) in [4.78, 5) is 108. The number of phenolic OH excluding ortho intramolecular Hbond substituents is 1. The van der Waals surface area contributed by atoms with Gasteiger partial charge in [-0.1, -0.05) is 60.7 Å². The number of anilines is 1. The quantitative estimate of drug-likeness (QED) is 0.0454. The summed E-state index contributed by atoms with van der Waals surface area (Å²) in [6.45, 7) is 1.28. The highest BCUT2D eigenvalue weighted by Crippen LogP contribution is 2.20. The van der Waals surface area contributed by atoms with E-state index in [0.717, 1.165) is 10.9 Å². The van der Waals surface area contributed by atoms with E-state index in [-0.39, 0.29) is 37.0 Å². The highest BCUT2D eigenvalue weighted by atomic mass is 32.2. The number of hydrogen-bond acceptors (Lipinski definition) is 10. The number of aliphatic carboxylic acids is 1. The Hall–Kier alpha value is -7.67. The van der Waals surface area contributed by atoms with E-state index in [9.17, 15) is 48.6 Å². The lowest BCUT2D eigenvalue weighted by molar-refractivity contribution is -0.141. The number of thioether (sulfide) groups is 1. The minimum atomic E-state index is -1.66. The van der Waals surface area contributed by atoms with Crippen molar-refractivity contribution < 1.29 is 48.6 Å². The molecule has 0 saturated heterocycles. The van der Waals surface area contributed by atoms with Gasteiger partial charge in [0.15, 0.2) is 0 Å². The van der Waals surface area contributed by atoms with E-state index in [1.807, 2.05) is 24.3 Å². The molecule has 0 fully saturated rings. The largest absolute Gasteiger partial charge is 0.508 e. The van der Waals surface area contributed by atoms with E-state index >= 15 is 0 Å². The average molecular weight is 921 g/mol. The predicted molar refractivity (Wildman–Crippen MR) is 248 cm³/mol. The van der Waals surface area contributed by atoms with Crippen LogP contribution in [0.2, 0.25) is 0 Å². The number of aromatic amines is 1. The molecule has 0 aliphatic carbocycles. The standard InChI is InChI=1S/C47H52N8O10S/c1-27(56)50-38(23-29-12-18-33(57)19-13-29)45(63)51-32-16-14-30(15-17-32)43(61)54-39(24-31-26-49-35-11-7-6-10-34(31)35)46(64)52-36(20-21-66-2)44(62)55-40(25-41(58)59)47(65)53-37(42(48)60)22-28-8-4-3-5-9-28/h3-19,26,36-40,49,57H,20-25H2,1-2H3,(H2,48,60)(H,50,56)(H,51,63)(H,52,64)(H,53,65)(H,54,61)(H,55,62)(H,58,59)/t36-,37-,38-,39-,40-/m0/s1. The molecular weight excluding hydrogens is 869 g/mol. The Kier molecular flexibility index (Phi) is 17.8. The number of amides is 7. The van der Waals surface area contributed by atoms with E-state index < -0.39 is 83.9 Å². The molecule has 0 aliphatic rings. The first-order valence-corrected chi connectivity index (χ1v) is 22.3. The number of rotatable bonds is 23. The Bertz CT molecular complexity index is 2520. The molecule has 1 heterocycles. The summed E-state index contributed by atoms with van der Waals surface area (Å²) in [7, 11) is 0. The molecule has 0 aliphatic heterocycles. The van der Waals surface area contributed by atoms with Gasteiger partial charge in [0.25, 0.3) is 5.91 Å². The molecule has 4 aromatic carbocycles. The van der Waals surface area contributed by atoms with Crippen LogP contribution in [0.15, 0.2) is 109 Å². The van der Waals surface area contributed by atoms with Crippen molar-refractivity contribution in [2.24, 2.45) is 5.73 Å². The van der Waals surface area contributed by atoms with Crippen LogP contribution in [0.1, 0.15) is 46.8 Å². The Labute approximate surface area is 384 Å². The second-order valence-corrected chi connectivity index (χ2v) is 16.4. The normalized spacial score (nSPS) is 13.2. The summed E-state index contributed by atoms with van der Waals surface area (Å²) in [6, 6.07) is 21.6. The number of nitrogens with one attached hydrogen (secondary N) is 7. The minimum Gasteiger partial charge on any atom is -0.508 e. The van der Waals surface area contributed by atoms with Crippen molar-refractivity contribution in [1.82, 2.24) is 31.6 Å². The molecule has 11 N–H and O–H groups in total. The Morgan fingerprint density at radius 3 is 1.86 bits per heavy atom. The maximum absolute atomic E-state index is 14.3. The molecule has 0 spiro atoms. The number of fused-ring (bicyclic) bond motifs is 1. The fourth-order valence-corrected chi connectivity index (χ4v) is 7.48. The van der Waals surface area contributed by atoms with Gasteiger partial charge in [-0.25, -0.2) is 0 Å². The first kappa shape index (κ1) is 49.3. The number of aromatic nitrogens is 1. The fourth-order valence-electron chi connectivity index (χ4n) is 7.01. The van der Waals surface area contributed by atoms with Crippen LogP contribution in [0.5, 0.6) is 5.75 Å². The lowest BCUT2D eigenvalue weighted by Gasteiger charge is -2.26. The van der Waals surface area contributed by atoms with Gasteiger partial charge >= 0.3 is 5.97 Å². The zero-order valence-corrected chi connectivity index (χ0v) is 37.0. The molecule has 7 amide bonds. The smallest absolute Gasteiger partial charge is 0.305 e. The molecule has 1 aromatic heterocycles. The molecule has 66 heavy (non-hydrogen) atoms. The van der Waals surface area contributed by atoms with Crippen molar-refractivity contribution in [3.63, 3.8) is 0 Å². The molecule has 18 nitrogen and oxygen atoms in total. The topological polar surface area (TPSA) is 291 Å². The van der Waals surface area contributed by atoms with Gasteiger partial charge in [-0.05, 0) is 77.6 Å². The molecule has 0 unspecified atom stereocenters. The van der Waals surface area contributed by atoms with Crippen LogP contribution < -0.4 is 37.6 Å². The van der Waals surface area contributed by atoms with Gasteiger partial charge < -0.3 is 52.8 Å². The van der Waals surface area contributed by atoms with Gasteiger partial charge in [-0.2, -0.15) is 11.8 Å². The Morgan fingerprint density at radius 1 is 0.636 bits per heavy atom. The van der Waals surface area contributed by atoms with Crippen LogP contribution in [0.3, 0.4) is 0 Å². The van der Waals surface area contributed by atoms with Crippen LogP contribution in [-0.4, -0.2) is 105 Å². The van der Waals surface area contributed by atoms with Crippen LogP contribution >= 0.6 is 11.8 Å². The number of hydrogen-bond donors (Lipinski definition) is 10. The maximum Gasteiger partial charge on any atom is 0.305 e. The zero-order chi connectivity index (χ0) is 47.8. The molecule has 346 valence electrons. The SMILES string of the molecule is CSCC[C@H](NC(=O)[C@H](Cc1c[nH]c2ccccc12)NC(=O)c1ccc(NC(=O)[C@H](Cc2ccc(O)cc2)NC(C)=O)cc1)C(=O)N[C@@H](CC(=O)O)C(=O)N[C@@H](Cc1ccccc1)C(N)=O. The number of carbonyl (C=O) groups is 8. The second kappa shape index (κ2) is 23.9. The van der Waals surface area contributed by atoms with Crippen LogP contribution in [0.25, 0.3) is 10.9 Å². The number of phenols is 1. The monoisotopic (exact) mass is 920 g/mol. The number of para-hydroxylation sites is 1. The van der Waals surface area contributed by atoms with Gasteiger partial charge in [0.05, 0.1) is 6.42 Å². The highest BCUT2D eigenvalue weighted by Gasteiger charge is 2.33. The van der Waals surface area contributed by atoms with E-state index in [0.29, 0.717) is 28.1 Å². The van der Waals surface area contributed by atoms with Gasteiger partial charge in [0.1, 0.15) is 36.0 Å². The lowest BCUT2D eigenvalue weighted by Crippen LogP contribution is -2.59. The molecule has 0 saturated carbocycles. The number of aromatic hydroxyl groups is 1. The summed E-state index contributed by atoms with van der Waals surface area (Å²) in [6.07, 6.45) is 2.80. The van der Waals surface area contributed by atoms with Crippen molar-refractivity contribution in [2.45, 2.75) is 69.2 Å². The molecular formula is C47H52N8O10S. The fraction of sp³-hybridized carbons (Fsp3) is 0.277. The van der Waals surface area contributed by atoms with E-state index in [4.69, 9.17) is 5.73 Å². The lowest BCUT2D eigenvalue weighted by atomic mass is 10.0. The molecule has 19 heteroatoms. The summed E-state index contributed by atoms with van der Waals surface area (Å²) in [5.41, 5.74) is 8.82. The number of carboxylic acid groups (broad SMARTS) is 1. The maximum atomic E-state index is 14.3. The van der Waals surface area contributed by atoms with Crippen molar-refractivity contribution >= 4 is 75.7 Å². The van der Waals surface area contributed by atoms with Gasteiger partial charge in [-0.15, -0.1) is 0 Å². The number of benzene rings is 4. The molecule has 5 aromatic rings. The summed E-state index contributed by atoms with van der Waals surface area (Å²) in [5.74, 6) is -6.12. The van der Waals surface area contributed by atoms with Crippen LogP contribution in [-0.2, 0) is 52.8 Å². The average Bonchev–Trinajstić information content (AvgIpc) is 3.70. The summed E-state index contributed by atoms with van der Waals surface area (Å²) >= 11 is 1.37. The van der Waals surface area contributed by atoms with Crippen LogP contribution in [0.4, 0.5) is 5.69 Å². The van der Waals surface area contributed by atoms with Gasteiger partial charge in [-0.3, -0.25) is 38.4 Å². The highest BCUT2D eigenvalue weighted by molar-refractivity contribution is 7.98. The number of primary amides is 1. The van der Waals surface area contributed by atoms with E-state index in [1.165, 1.54) is 55.1 Å². The van der Waals surface area contributed by atoms with Crippen molar-refractivity contribution in [2.75, 3.05) is 17.3 Å². The third kappa shape index (κ3) is 14.7. The van der Waals surface area contributed by atoms with Crippen molar-refractivity contribution in [1.29, 1.82) is 0 Å². The van der Waals surface area contributed by atoms with Gasteiger partial charge in [0.2, 0.25) is 35.4 Å². The second-order valence-electron chi connectivity index (χ2n) is 15.4. The minimum absolute atomic E-state index is 0.00960.